The largest absolute Gasteiger partial charge is 0.488 e. The molecule has 2 aliphatic heterocycles. The molecule has 0 saturated carbocycles. The molecule has 79 heavy (non-hydrogen) atoms. The van der Waals surface area contributed by atoms with E-state index in [1.807, 2.05) is 121 Å². The number of ether oxygens (including phenoxy) is 5. The highest BCUT2D eigenvalue weighted by molar-refractivity contribution is 6.09. The molecule has 0 bridgehead atoms. The molecule has 2 aliphatic rings. The van der Waals surface area contributed by atoms with Crippen LogP contribution in [0.1, 0.15) is 56.1 Å². The summed E-state index contributed by atoms with van der Waals surface area (Å²) in [6.07, 6.45) is 1.56. The number of carbonyl (C=O) groups excluding carboxylic acids is 2. The van der Waals surface area contributed by atoms with Crippen molar-refractivity contribution in [1.82, 2.24) is 9.13 Å². The van der Waals surface area contributed by atoms with E-state index in [0.29, 0.717) is 51.1 Å². The summed E-state index contributed by atoms with van der Waals surface area (Å²) in [5.74, 6) is -1.08. The highest BCUT2D eigenvalue weighted by Gasteiger charge is 2.32. The standard InChI is InChI=1S/C68H54F2N2O7/c1-43(51-35-37-75-41-51)65-61(63-57(71(65)55-31-27-53(69)28-32-55)15-9-17-59(63)77-39-45-11-5-3-6-12-45)47-19-23-49(24-20-47)67(73)79-68(74)50-25-21-48(22-26-50)62-64-58(16-10-18-60(64)78-40-46-13-7-4-8-14-46)72(56-33-29-54(70)30-34-56)66(62)44(2)52-36-38-76-42-52/h3-34,51-52H,1-2,35-42H2. The predicted molar refractivity (Wildman–Crippen MR) is 305 cm³/mol. The Morgan fingerprint density at radius 2 is 0.873 bits per heavy atom. The Morgan fingerprint density at radius 3 is 1.24 bits per heavy atom. The third-order valence-corrected chi connectivity index (χ3v) is 15.0. The van der Waals surface area contributed by atoms with E-state index in [4.69, 9.17) is 23.7 Å². The van der Waals surface area contributed by atoms with Crippen molar-refractivity contribution < 1.29 is 42.1 Å². The van der Waals surface area contributed by atoms with Crippen molar-refractivity contribution in [3.05, 3.63) is 253 Å². The minimum Gasteiger partial charge on any atom is -0.488 e. The van der Waals surface area contributed by atoms with Gasteiger partial charge in [0.25, 0.3) is 0 Å². The van der Waals surface area contributed by atoms with E-state index in [0.717, 1.165) is 102 Å². The Hall–Kier alpha value is -9.16. The van der Waals surface area contributed by atoms with E-state index in [-0.39, 0.29) is 34.6 Å². The van der Waals surface area contributed by atoms with E-state index in [1.165, 1.54) is 24.3 Å². The van der Waals surface area contributed by atoms with E-state index in [9.17, 15) is 18.4 Å². The van der Waals surface area contributed by atoms with Crippen molar-refractivity contribution in [3.63, 3.8) is 0 Å². The van der Waals surface area contributed by atoms with E-state index in [2.05, 4.69) is 22.3 Å². The van der Waals surface area contributed by atoms with Gasteiger partial charge in [-0.3, -0.25) is 0 Å². The Morgan fingerprint density at radius 1 is 0.481 bits per heavy atom. The number of halogens is 2. The molecule has 2 unspecified atom stereocenters. The zero-order chi connectivity index (χ0) is 54.0. The van der Waals surface area contributed by atoms with Crippen molar-refractivity contribution in [1.29, 1.82) is 0 Å². The van der Waals surface area contributed by atoms with Gasteiger partial charge in [0, 0.05) is 47.6 Å². The van der Waals surface area contributed by atoms with Gasteiger partial charge in [-0.05, 0) is 143 Å². The van der Waals surface area contributed by atoms with Gasteiger partial charge >= 0.3 is 11.9 Å². The molecule has 4 heterocycles. The fraction of sp³-hybridized carbons (Fsp3) is 0.147. The van der Waals surface area contributed by atoms with Gasteiger partial charge in [-0.25, -0.2) is 18.4 Å². The van der Waals surface area contributed by atoms with Gasteiger partial charge in [0.2, 0.25) is 0 Å². The minimum absolute atomic E-state index is 0.0112. The lowest BCUT2D eigenvalue weighted by Crippen LogP contribution is -2.13. The van der Waals surface area contributed by atoms with Crippen LogP contribution in [0.15, 0.2) is 207 Å². The monoisotopic (exact) mass is 1050 g/mol. The summed E-state index contributed by atoms with van der Waals surface area (Å²) in [6.45, 7) is 12.2. The van der Waals surface area contributed by atoms with Crippen LogP contribution in [-0.2, 0) is 27.4 Å². The molecule has 0 N–H and O–H groups in total. The normalized spacial score (nSPS) is 15.1. The number of hydrogen-bond donors (Lipinski definition) is 0. The Kier molecular flexibility index (Phi) is 14.1. The number of esters is 2. The fourth-order valence-corrected chi connectivity index (χ4v) is 11.0. The summed E-state index contributed by atoms with van der Waals surface area (Å²) >= 11 is 0. The zero-order valence-corrected chi connectivity index (χ0v) is 43.2. The van der Waals surface area contributed by atoms with Crippen molar-refractivity contribution in [2.75, 3.05) is 26.4 Å². The van der Waals surface area contributed by atoms with Crippen LogP contribution in [-0.4, -0.2) is 47.5 Å². The molecule has 2 aromatic heterocycles. The van der Waals surface area contributed by atoms with E-state index >= 15 is 0 Å². The molecule has 9 nitrogen and oxygen atoms in total. The first-order chi connectivity index (χ1) is 38.7. The third kappa shape index (κ3) is 10.1. The molecule has 0 aliphatic carbocycles. The fourth-order valence-electron chi connectivity index (χ4n) is 11.0. The van der Waals surface area contributed by atoms with Crippen LogP contribution < -0.4 is 9.47 Å². The quantitative estimate of drug-likeness (QED) is 0.0703. The average molecular weight is 1050 g/mol. The highest BCUT2D eigenvalue weighted by Crippen LogP contribution is 2.49. The van der Waals surface area contributed by atoms with Gasteiger partial charge in [0.15, 0.2) is 0 Å². The first-order valence-electron chi connectivity index (χ1n) is 26.4. The van der Waals surface area contributed by atoms with Crippen LogP contribution in [0.2, 0.25) is 0 Å². The number of aromatic nitrogens is 2. The Balaban J connectivity index is 0.886. The molecule has 10 aromatic rings. The summed E-state index contributed by atoms with van der Waals surface area (Å²) in [6, 6.07) is 58.3. The molecule has 2 saturated heterocycles. The number of benzene rings is 8. The maximum atomic E-state index is 14.5. The molecule has 0 radical (unpaired) electrons. The number of hydrogen-bond acceptors (Lipinski definition) is 7. The van der Waals surface area contributed by atoms with Crippen molar-refractivity contribution in [2.45, 2.75) is 26.1 Å². The van der Waals surface area contributed by atoms with Crippen molar-refractivity contribution in [3.8, 4) is 45.1 Å². The van der Waals surface area contributed by atoms with Crippen LogP contribution in [0.4, 0.5) is 8.78 Å². The molecule has 8 aromatic carbocycles. The first kappa shape index (κ1) is 50.6. The molecule has 2 atom stereocenters. The number of carbonyl (C=O) groups is 2. The maximum absolute atomic E-state index is 14.5. The summed E-state index contributed by atoms with van der Waals surface area (Å²) in [4.78, 5) is 28.0. The Bertz CT molecular complexity index is 3640. The van der Waals surface area contributed by atoms with Gasteiger partial charge < -0.3 is 32.8 Å². The average Bonchev–Trinajstić information content (AvgIpc) is 4.42. The number of rotatable bonds is 16. The molecular formula is C68H54F2N2O7. The maximum Gasteiger partial charge on any atom is 0.346 e. The molecule has 11 heteroatoms. The lowest BCUT2D eigenvalue weighted by molar-refractivity contribution is 0.0397. The van der Waals surface area contributed by atoms with Crippen LogP contribution in [0, 0.1) is 23.5 Å². The van der Waals surface area contributed by atoms with Crippen LogP contribution in [0.25, 0.3) is 66.6 Å². The molecule has 0 spiro atoms. The van der Waals surface area contributed by atoms with E-state index < -0.39 is 11.9 Å². The second kappa shape index (κ2) is 22.1. The molecule has 392 valence electrons. The first-order valence-corrected chi connectivity index (χ1v) is 26.4. The zero-order valence-electron chi connectivity index (χ0n) is 43.2. The van der Waals surface area contributed by atoms with Crippen LogP contribution in [0.3, 0.4) is 0 Å². The second-order valence-electron chi connectivity index (χ2n) is 19.9. The summed E-state index contributed by atoms with van der Waals surface area (Å²) in [5, 5.41) is 1.62. The van der Waals surface area contributed by atoms with Crippen molar-refractivity contribution in [2.24, 2.45) is 11.8 Å². The van der Waals surface area contributed by atoms with Crippen LogP contribution >= 0.6 is 0 Å². The molecule has 2 fully saturated rings. The SMILES string of the molecule is C=C(c1c(-c2ccc(C(=O)OC(=O)c3ccc(-c4c(C(=C)C5CCOC5)n(-c5ccc(F)cc5)c5cccc(OCc6ccccc6)c45)cc3)cc2)c2c(OCc3ccccc3)cccc2n1-c1ccc(F)cc1)C1CCOC1. The van der Waals surface area contributed by atoms with Gasteiger partial charge in [0.05, 0.1) is 57.5 Å². The molecule has 0 amide bonds. The van der Waals surface area contributed by atoms with Crippen molar-refractivity contribution >= 4 is 44.9 Å². The topological polar surface area (TPSA) is 90.2 Å². The summed E-state index contributed by atoms with van der Waals surface area (Å²) in [5.41, 5.74) is 11.9. The van der Waals surface area contributed by atoms with Gasteiger partial charge in [-0.1, -0.05) is 110 Å². The van der Waals surface area contributed by atoms with E-state index in [1.54, 1.807) is 48.5 Å². The van der Waals surface area contributed by atoms with Crippen LogP contribution in [0.5, 0.6) is 11.5 Å². The highest BCUT2D eigenvalue weighted by atomic mass is 19.1. The minimum atomic E-state index is -0.825. The predicted octanol–water partition coefficient (Wildman–Crippen LogP) is 15.4. The molecule has 12 rings (SSSR count). The van der Waals surface area contributed by atoms with Gasteiger partial charge in [-0.15, -0.1) is 0 Å². The van der Waals surface area contributed by atoms with Gasteiger partial charge in [0.1, 0.15) is 36.3 Å². The number of fused-ring (bicyclic) bond motifs is 2. The second-order valence-corrected chi connectivity index (χ2v) is 19.9. The molecular weight excluding hydrogens is 995 g/mol. The summed E-state index contributed by atoms with van der Waals surface area (Å²) in [7, 11) is 0. The summed E-state index contributed by atoms with van der Waals surface area (Å²) < 4.78 is 63.8. The lowest BCUT2D eigenvalue weighted by Gasteiger charge is -2.19. The lowest BCUT2D eigenvalue weighted by atomic mass is 9.91. The number of nitrogens with zero attached hydrogens (tertiary/aromatic N) is 2. The van der Waals surface area contributed by atoms with Gasteiger partial charge in [-0.2, -0.15) is 0 Å². The third-order valence-electron chi connectivity index (χ3n) is 15.0. The smallest absolute Gasteiger partial charge is 0.346 e. The Labute approximate surface area is 456 Å².